The van der Waals surface area contributed by atoms with Gasteiger partial charge in [-0.2, -0.15) is 0 Å². The molecule has 0 radical (unpaired) electrons. The van der Waals surface area contributed by atoms with E-state index in [-0.39, 0.29) is 5.91 Å². The first-order valence-electron chi connectivity index (χ1n) is 7.12. The average Bonchev–Trinajstić information content (AvgIpc) is 2.45. The zero-order chi connectivity index (χ0) is 14.1. The second-order valence-electron chi connectivity index (χ2n) is 4.88. The van der Waals surface area contributed by atoms with Gasteiger partial charge in [-0.15, -0.1) is 0 Å². The summed E-state index contributed by atoms with van der Waals surface area (Å²) in [6.07, 6.45) is 3.66. The van der Waals surface area contributed by atoms with Crippen LogP contribution in [0.1, 0.15) is 38.7 Å². The van der Waals surface area contributed by atoms with Crippen LogP contribution in [-0.4, -0.2) is 17.3 Å². The van der Waals surface area contributed by atoms with Crippen molar-refractivity contribution in [2.75, 3.05) is 6.54 Å². The van der Waals surface area contributed by atoms with Gasteiger partial charge < -0.3 is 5.32 Å². The number of nitrogens with one attached hydrogen (secondary N) is 1. The molecule has 1 atom stereocenters. The highest BCUT2D eigenvalue weighted by molar-refractivity contribution is 9.09. The number of alkyl halides is 1. The number of aryl methyl sites for hydroxylation is 1. The third-order valence-electron chi connectivity index (χ3n) is 3.54. The Morgan fingerprint density at radius 3 is 2.42 bits per heavy atom. The second-order valence-corrected chi connectivity index (χ2v) is 6.06. The summed E-state index contributed by atoms with van der Waals surface area (Å²) in [5.74, 6) is 0.772. The van der Waals surface area contributed by atoms with E-state index in [0.717, 1.165) is 25.8 Å². The highest BCUT2D eigenvalue weighted by atomic mass is 79.9. The van der Waals surface area contributed by atoms with Gasteiger partial charge in [0.05, 0.1) is 0 Å². The van der Waals surface area contributed by atoms with Crippen LogP contribution in [0.4, 0.5) is 0 Å². The highest BCUT2D eigenvalue weighted by Crippen LogP contribution is 2.19. The zero-order valence-electron chi connectivity index (χ0n) is 11.9. The van der Waals surface area contributed by atoms with Crippen molar-refractivity contribution < 1.29 is 4.79 Å². The molecule has 1 aromatic carbocycles. The Balaban J connectivity index is 2.24. The smallest absolute Gasteiger partial charge is 0.220 e. The Kier molecular flexibility index (Phi) is 7.80. The largest absolute Gasteiger partial charge is 0.355 e. The average molecular weight is 326 g/mol. The van der Waals surface area contributed by atoms with E-state index in [2.05, 4.69) is 47.2 Å². The van der Waals surface area contributed by atoms with Crippen molar-refractivity contribution in [2.24, 2.45) is 5.92 Å². The molecule has 1 N–H and O–H groups in total. The Morgan fingerprint density at radius 2 is 1.84 bits per heavy atom. The number of halogens is 1. The molecule has 19 heavy (non-hydrogen) atoms. The normalized spacial score (nSPS) is 12.4. The minimum absolute atomic E-state index is 0.138. The SMILES string of the molecule is CCC(CC)C(Br)CNC(=O)CCc1ccccc1. The van der Waals surface area contributed by atoms with Crippen LogP contribution in [0.2, 0.25) is 0 Å². The van der Waals surface area contributed by atoms with Crippen LogP contribution in [0, 0.1) is 5.92 Å². The van der Waals surface area contributed by atoms with Crippen LogP contribution < -0.4 is 5.32 Å². The molecular formula is C16H24BrNO. The molecule has 1 amide bonds. The van der Waals surface area contributed by atoms with Gasteiger partial charge in [0.25, 0.3) is 0 Å². The van der Waals surface area contributed by atoms with E-state index < -0.39 is 0 Å². The maximum Gasteiger partial charge on any atom is 0.220 e. The summed E-state index contributed by atoms with van der Waals surface area (Å²) in [5.41, 5.74) is 1.22. The summed E-state index contributed by atoms with van der Waals surface area (Å²) in [4.78, 5) is 12.2. The van der Waals surface area contributed by atoms with Crippen LogP contribution in [0.3, 0.4) is 0 Å². The van der Waals surface area contributed by atoms with Gasteiger partial charge in [-0.1, -0.05) is 73.0 Å². The van der Waals surface area contributed by atoms with Gasteiger partial charge in [-0.3, -0.25) is 4.79 Å². The molecule has 106 valence electrons. The lowest BCUT2D eigenvalue weighted by Gasteiger charge is -2.19. The van der Waals surface area contributed by atoms with Crippen LogP contribution >= 0.6 is 15.9 Å². The van der Waals surface area contributed by atoms with E-state index in [1.807, 2.05) is 18.2 Å². The number of hydrogen-bond donors (Lipinski definition) is 1. The van der Waals surface area contributed by atoms with Gasteiger partial charge >= 0.3 is 0 Å². The number of carbonyl (C=O) groups excluding carboxylic acids is 1. The summed E-state index contributed by atoms with van der Waals surface area (Å²) in [6.45, 7) is 5.11. The minimum atomic E-state index is 0.138. The van der Waals surface area contributed by atoms with E-state index in [9.17, 15) is 4.79 Å². The maximum absolute atomic E-state index is 11.8. The standard InChI is InChI=1S/C16H24BrNO/c1-3-14(4-2)15(17)12-18-16(19)11-10-13-8-6-5-7-9-13/h5-9,14-15H,3-4,10-12H2,1-2H3,(H,18,19). The van der Waals surface area contributed by atoms with Crippen molar-refractivity contribution >= 4 is 21.8 Å². The maximum atomic E-state index is 11.8. The number of benzene rings is 1. The topological polar surface area (TPSA) is 29.1 Å². The van der Waals surface area contributed by atoms with E-state index in [1.54, 1.807) is 0 Å². The second kappa shape index (κ2) is 9.13. The quantitative estimate of drug-likeness (QED) is 0.721. The van der Waals surface area contributed by atoms with Gasteiger partial charge in [0, 0.05) is 17.8 Å². The summed E-state index contributed by atoms with van der Waals surface area (Å²) in [6, 6.07) is 10.1. The van der Waals surface area contributed by atoms with Gasteiger partial charge in [-0.25, -0.2) is 0 Å². The molecule has 1 aromatic rings. The number of hydrogen-bond acceptors (Lipinski definition) is 1. The third-order valence-corrected chi connectivity index (χ3v) is 4.61. The molecule has 0 aliphatic rings. The Hall–Kier alpha value is -0.830. The molecule has 0 aromatic heterocycles. The first-order chi connectivity index (χ1) is 9.17. The predicted molar refractivity (Wildman–Crippen MR) is 84.6 cm³/mol. The first kappa shape index (κ1) is 16.2. The molecule has 3 heteroatoms. The van der Waals surface area contributed by atoms with Crippen molar-refractivity contribution in [3.8, 4) is 0 Å². The molecule has 1 rings (SSSR count). The van der Waals surface area contributed by atoms with Crippen molar-refractivity contribution in [1.29, 1.82) is 0 Å². The number of rotatable bonds is 8. The lowest BCUT2D eigenvalue weighted by molar-refractivity contribution is -0.121. The third kappa shape index (κ3) is 6.24. The lowest BCUT2D eigenvalue weighted by Crippen LogP contribution is -2.33. The van der Waals surface area contributed by atoms with Crippen molar-refractivity contribution in [1.82, 2.24) is 5.32 Å². The number of amides is 1. The van der Waals surface area contributed by atoms with Crippen molar-refractivity contribution in [3.63, 3.8) is 0 Å². The molecule has 0 saturated heterocycles. The summed E-state index contributed by atoms with van der Waals surface area (Å²) < 4.78 is 0. The van der Waals surface area contributed by atoms with E-state index >= 15 is 0 Å². The fourth-order valence-corrected chi connectivity index (χ4v) is 3.08. The summed E-state index contributed by atoms with van der Waals surface area (Å²) >= 11 is 3.67. The fraction of sp³-hybridized carbons (Fsp3) is 0.562. The van der Waals surface area contributed by atoms with Crippen molar-refractivity contribution in [2.45, 2.75) is 44.4 Å². The molecule has 0 bridgehead atoms. The Labute approximate surface area is 125 Å². The number of carbonyl (C=O) groups is 1. The molecule has 0 saturated carbocycles. The summed E-state index contributed by atoms with van der Waals surface area (Å²) in [5, 5.41) is 3.02. The van der Waals surface area contributed by atoms with Crippen molar-refractivity contribution in [3.05, 3.63) is 35.9 Å². The monoisotopic (exact) mass is 325 g/mol. The van der Waals surface area contributed by atoms with Gasteiger partial charge in [0.1, 0.15) is 0 Å². The predicted octanol–water partition coefficient (Wildman–Crippen LogP) is 3.94. The Morgan fingerprint density at radius 1 is 1.21 bits per heavy atom. The fourth-order valence-electron chi connectivity index (χ4n) is 2.17. The molecule has 0 aliphatic heterocycles. The summed E-state index contributed by atoms with van der Waals surface area (Å²) in [7, 11) is 0. The zero-order valence-corrected chi connectivity index (χ0v) is 13.4. The van der Waals surface area contributed by atoms with E-state index in [4.69, 9.17) is 0 Å². The van der Waals surface area contributed by atoms with Gasteiger partial charge in [0.2, 0.25) is 5.91 Å². The van der Waals surface area contributed by atoms with Gasteiger partial charge in [-0.05, 0) is 17.9 Å². The molecule has 0 heterocycles. The van der Waals surface area contributed by atoms with Crippen LogP contribution in [0.15, 0.2) is 30.3 Å². The van der Waals surface area contributed by atoms with Crippen LogP contribution in [0.5, 0.6) is 0 Å². The Bertz CT molecular complexity index is 362. The molecule has 2 nitrogen and oxygen atoms in total. The van der Waals surface area contributed by atoms with Gasteiger partial charge in [0.15, 0.2) is 0 Å². The van der Waals surface area contributed by atoms with Crippen LogP contribution in [-0.2, 0) is 11.2 Å². The lowest BCUT2D eigenvalue weighted by atomic mass is 9.99. The molecule has 0 aliphatic carbocycles. The van der Waals surface area contributed by atoms with Crippen LogP contribution in [0.25, 0.3) is 0 Å². The van der Waals surface area contributed by atoms with E-state index in [1.165, 1.54) is 5.56 Å². The van der Waals surface area contributed by atoms with E-state index in [0.29, 0.717) is 17.2 Å². The molecule has 1 unspecified atom stereocenters. The minimum Gasteiger partial charge on any atom is -0.355 e. The molecule has 0 fully saturated rings. The molecule has 0 spiro atoms. The molecular weight excluding hydrogens is 302 g/mol. The highest BCUT2D eigenvalue weighted by Gasteiger charge is 2.15. The first-order valence-corrected chi connectivity index (χ1v) is 8.03.